The summed E-state index contributed by atoms with van der Waals surface area (Å²) in [4.78, 5) is 17.9. The van der Waals surface area contributed by atoms with Crippen molar-refractivity contribution >= 4 is 27.0 Å². The fraction of sp³-hybridized carbons (Fsp3) is 0.286. The molecule has 0 atom stereocenters. The lowest BCUT2D eigenvalue weighted by Gasteiger charge is -1.94. The van der Waals surface area contributed by atoms with Crippen LogP contribution in [0, 0.1) is 0 Å². The van der Waals surface area contributed by atoms with Crippen LogP contribution < -0.4 is 5.56 Å². The van der Waals surface area contributed by atoms with Gasteiger partial charge in [-0.2, -0.15) is 5.10 Å². The van der Waals surface area contributed by atoms with E-state index in [4.69, 9.17) is 0 Å². The summed E-state index contributed by atoms with van der Waals surface area (Å²) in [6.45, 7) is 2.64. The Morgan fingerprint density at radius 3 is 3.15 bits per heavy atom. The lowest BCUT2D eigenvalue weighted by Crippen LogP contribution is -2.06. The predicted molar refractivity (Wildman–Crippen MR) is 51.5 cm³/mol. The summed E-state index contributed by atoms with van der Waals surface area (Å²) in [5.74, 6) is 0. The van der Waals surface area contributed by atoms with Crippen LogP contribution in [0.3, 0.4) is 0 Å². The van der Waals surface area contributed by atoms with Gasteiger partial charge in [-0.1, -0.05) is 0 Å². The standard InChI is InChI=1S/C7H7BrN4O/c1-2-12-6-4(5(8)11-12)7(13)10-3-9-6/h3H,2H2,1H3,(H,9,10,13). The second-order valence-corrected chi connectivity index (χ2v) is 3.29. The van der Waals surface area contributed by atoms with Crippen LogP contribution in [0.5, 0.6) is 0 Å². The Morgan fingerprint density at radius 2 is 2.46 bits per heavy atom. The number of H-pyrrole nitrogens is 1. The summed E-state index contributed by atoms with van der Waals surface area (Å²) >= 11 is 3.22. The Morgan fingerprint density at radius 1 is 1.69 bits per heavy atom. The molecule has 0 radical (unpaired) electrons. The van der Waals surface area contributed by atoms with E-state index in [-0.39, 0.29) is 5.56 Å². The molecule has 0 aromatic carbocycles. The van der Waals surface area contributed by atoms with Crippen molar-refractivity contribution in [1.82, 2.24) is 19.7 Å². The molecule has 2 aromatic heterocycles. The van der Waals surface area contributed by atoms with Crippen molar-refractivity contribution in [3.63, 3.8) is 0 Å². The Balaban J connectivity index is 2.96. The highest BCUT2D eigenvalue weighted by Gasteiger charge is 2.10. The molecule has 6 heteroatoms. The Labute approximate surface area is 81.9 Å². The maximum Gasteiger partial charge on any atom is 0.263 e. The van der Waals surface area contributed by atoms with Gasteiger partial charge in [-0.15, -0.1) is 0 Å². The van der Waals surface area contributed by atoms with Crippen molar-refractivity contribution in [2.45, 2.75) is 13.5 Å². The van der Waals surface area contributed by atoms with Crippen LogP contribution in [0.15, 0.2) is 15.7 Å². The third-order valence-electron chi connectivity index (χ3n) is 1.79. The average molecular weight is 243 g/mol. The Kier molecular flexibility index (Phi) is 1.91. The number of fused-ring (bicyclic) bond motifs is 1. The molecule has 0 unspecified atom stereocenters. The zero-order valence-electron chi connectivity index (χ0n) is 6.91. The lowest BCUT2D eigenvalue weighted by atomic mass is 10.4. The fourth-order valence-electron chi connectivity index (χ4n) is 1.20. The van der Waals surface area contributed by atoms with Gasteiger partial charge in [-0.05, 0) is 22.9 Å². The zero-order valence-corrected chi connectivity index (χ0v) is 8.50. The molecule has 2 rings (SSSR count). The number of aryl methyl sites for hydroxylation is 1. The van der Waals surface area contributed by atoms with Crippen LogP contribution in [0.4, 0.5) is 0 Å². The third kappa shape index (κ3) is 1.17. The first-order valence-electron chi connectivity index (χ1n) is 3.83. The fourth-order valence-corrected chi connectivity index (χ4v) is 1.74. The minimum atomic E-state index is -0.170. The van der Waals surface area contributed by atoms with Crippen LogP contribution in [0.2, 0.25) is 0 Å². The molecular formula is C7H7BrN4O. The molecule has 0 amide bonds. The van der Waals surface area contributed by atoms with Gasteiger partial charge >= 0.3 is 0 Å². The molecule has 2 heterocycles. The van der Waals surface area contributed by atoms with Crippen molar-refractivity contribution in [3.8, 4) is 0 Å². The van der Waals surface area contributed by atoms with Crippen molar-refractivity contribution < 1.29 is 0 Å². The molecule has 2 aromatic rings. The van der Waals surface area contributed by atoms with E-state index in [0.717, 1.165) is 0 Å². The Hall–Kier alpha value is -1.17. The Bertz CT molecular complexity index is 501. The normalized spacial score (nSPS) is 10.9. The molecule has 0 aliphatic carbocycles. The van der Waals surface area contributed by atoms with Crippen LogP contribution in [0.1, 0.15) is 6.92 Å². The molecule has 5 nitrogen and oxygen atoms in total. The van der Waals surface area contributed by atoms with E-state index in [9.17, 15) is 4.79 Å². The molecule has 0 fully saturated rings. The van der Waals surface area contributed by atoms with Crippen LogP contribution in [0.25, 0.3) is 11.0 Å². The average Bonchev–Trinajstić information content (AvgIpc) is 2.44. The van der Waals surface area contributed by atoms with Gasteiger partial charge in [0.2, 0.25) is 0 Å². The highest BCUT2D eigenvalue weighted by molar-refractivity contribution is 9.10. The summed E-state index contributed by atoms with van der Waals surface area (Å²) in [5.41, 5.74) is 0.440. The number of hydrogen-bond donors (Lipinski definition) is 1. The minimum absolute atomic E-state index is 0.170. The number of aromatic nitrogens is 4. The van der Waals surface area contributed by atoms with E-state index >= 15 is 0 Å². The molecule has 68 valence electrons. The molecular weight excluding hydrogens is 236 g/mol. The first kappa shape index (κ1) is 8.43. The van der Waals surface area contributed by atoms with Crippen molar-refractivity contribution in [2.75, 3.05) is 0 Å². The molecule has 0 saturated carbocycles. The second kappa shape index (κ2) is 2.95. The van der Waals surface area contributed by atoms with Crippen molar-refractivity contribution in [1.29, 1.82) is 0 Å². The van der Waals surface area contributed by atoms with Crippen molar-refractivity contribution in [2.24, 2.45) is 0 Å². The van der Waals surface area contributed by atoms with E-state index < -0.39 is 0 Å². The second-order valence-electron chi connectivity index (χ2n) is 2.54. The minimum Gasteiger partial charge on any atom is -0.312 e. The van der Waals surface area contributed by atoms with E-state index in [0.29, 0.717) is 22.2 Å². The van der Waals surface area contributed by atoms with Gasteiger partial charge in [-0.25, -0.2) is 9.67 Å². The monoisotopic (exact) mass is 242 g/mol. The van der Waals surface area contributed by atoms with Gasteiger partial charge in [0.25, 0.3) is 5.56 Å². The van der Waals surface area contributed by atoms with Gasteiger partial charge in [0, 0.05) is 6.54 Å². The number of rotatable bonds is 1. The summed E-state index contributed by atoms with van der Waals surface area (Å²) in [5, 5.41) is 4.62. The number of halogens is 1. The van der Waals surface area contributed by atoms with E-state index in [1.54, 1.807) is 4.68 Å². The predicted octanol–water partition coefficient (Wildman–Crippen LogP) is 0.902. The smallest absolute Gasteiger partial charge is 0.263 e. The van der Waals surface area contributed by atoms with E-state index in [2.05, 4.69) is 31.0 Å². The van der Waals surface area contributed by atoms with Gasteiger partial charge in [-0.3, -0.25) is 4.79 Å². The van der Waals surface area contributed by atoms with E-state index in [1.165, 1.54) is 6.33 Å². The lowest BCUT2D eigenvalue weighted by molar-refractivity contribution is 0.671. The third-order valence-corrected chi connectivity index (χ3v) is 2.35. The van der Waals surface area contributed by atoms with Crippen LogP contribution >= 0.6 is 15.9 Å². The van der Waals surface area contributed by atoms with Gasteiger partial charge in [0.1, 0.15) is 9.99 Å². The first-order chi connectivity index (χ1) is 6.24. The van der Waals surface area contributed by atoms with Gasteiger partial charge in [0.05, 0.1) is 6.33 Å². The molecule has 0 aliphatic heterocycles. The molecule has 0 aliphatic rings. The SMILES string of the molecule is CCn1nc(Br)c2c(=O)[nH]cnc21. The van der Waals surface area contributed by atoms with Crippen LogP contribution in [-0.4, -0.2) is 19.7 Å². The van der Waals surface area contributed by atoms with Gasteiger partial charge < -0.3 is 4.98 Å². The molecule has 0 bridgehead atoms. The molecule has 0 spiro atoms. The zero-order chi connectivity index (χ0) is 9.42. The maximum absolute atomic E-state index is 11.3. The number of hydrogen-bond acceptors (Lipinski definition) is 3. The van der Waals surface area contributed by atoms with E-state index in [1.807, 2.05) is 6.92 Å². The maximum atomic E-state index is 11.3. The summed E-state index contributed by atoms with van der Waals surface area (Å²) in [6, 6.07) is 0. The molecule has 13 heavy (non-hydrogen) atoms. The van der Waals surface area contributed by atoms with Crippen molar-refractivity contribution in [3.05, 3.63) is 21.3 Å². The largest absolute Gasteiger partial charge is 0.312 e. The topological polar surface area (TPSA) is 63.6 Å². The highest BCUT2D eigenvalue weighted by Crippen LogP contribution is 2.16. The summed E-state index contributed by atoms with van der Waals surface area (Å²) in [6.07, 6.45) is 1.38. The highest BCUT2D eigenvalue weighted by atomic mass is 79.9. The first-order valence-corrected chi connectivity index (χ1v) is 4.63. The molecule has 0 saturated heterocycles. The molecule has 1 N–H and O–H groups in total. The van der Waals surface area contributed by atoms with Gasteiger partial charge in [0.15, 0.2) is 5.65 Å². The number of aromatic amines is 1. The summed E-state index contributed by atoms with van der Waals surface area (Å²) in [7, 11) is 0. The number of nitrogens with zero attached hydrogens (tertiary/aromatic N) is 3. The number of nitrogens with one attached hydrogen (secondary N) is 1. The van der Waals surface area contributed by atoms with Crippen LogP contribution in [-0.2, 0) is 6.54 Å². The quantitative estimate of drug-likeness (QED) is 0.809. The summed E-state index contributed by atoms with van der Waals surface area (Å²) < 4.78 is 2.22.